The van der Waals surface area contributed by atoms with E-state index in [4.69, 9.17) is 0 Å². The third kappa shape index (κ3) is 4.61. The quantitative estimate of drug-likeness (QED) is 0.721. The Bertz CT molecular complexity index is 298. The Hall–Kier alpha value is -1.35. The van der Waals surface area contributed by atoms with E-state index >= 15 is 0 Å². The van der Waals surface area contributed by atoms with Crippen LogP contribution in [-0.2, 0) is 4.79 Å². The second kappa shape index (κ2) is 6.19. The van der Waals surface area contributed by atoms with Crippen LogP contribution in [0.1, 0.15) is 31.4 Å². The first kappa shape index (κ1) is 11.7. The highest BCUT2D eigenvalue weighted by Gasteiger charge is 2.05. The number of benzene rings is 1. The predicted octanol–water partition coefficient (Wildman–Crippen LogP) is 1.64. The second-order valence-electron chi connectivity index (χ2n) is 3.55. The number of rotatable bonds is 5. The molecule has 0 saturated carbocycles. The number of amides is 1. The largest absolute Gasteiger partial charge is 0.388 e. The van der Waals surface area contributed by atoms with Gasteiger partial charge in [0.05, 0.1) is 6.10 Å². The first-order valence-electron chi connectivity index (χ1n) is 5.17. The molecule has 0 heterocycles. The van der Waals surface area contributed by atoms with Gasteiger partial charge in [0.25, 0.3) is 0 Å². The second-order valence-corrected chi connectivity index (χ2v) is 3.55. The van der Waals surface area contributed by atoms with E-state index < -0.39 is 6.10 Å². The van der Waals surface area contributed by atoms with Crippen molar-refractivity contribution in [1.82, 2.24) is 5.32 Å². The Morgan fingerprint density at radius 3 is 2.67 bits per heavy atom. The monoisotopic (exact) mass is 207 g/mol. The van der Waals surface area contributed by atoms with Gasteiger partial charge in [0.2, 0.25) is 5.91 Å². The molecule has 1 atom stereocenters. The molecule has 3 nitrogen and oxygen atoms in total. The average molecular weight is 207 g/mol. The number of aliphatic hydroxyl groups excluding tert-OH is 1. The molecule has 3 heteroatoms. The SMILES string of the molecule is CC(=O)NCCC[C@@H](O)c1ccccc1. The van der Waals surface area contributed by atoms with Crippen molar-refractivity contribution in [3.05, 3.63) is 35.9 Å². The highest BCUT2D eigenvalue weighted by molar-refractivity contribution is 5.72. The van der Waals surface area contributed by atoms with E-state index in [0.717, 1.165) is 12.0 Å². The molecule has 1 aromatic rings. The van der Waals surface area contributed by atoms with Gasteiger partial charge in [-0.3, -0.25) is 4.79 Å². The third-order valence-electron chi connectivity index (χ3n) is 2.21. The van der Waals surface area contributed by atoms with E-state index in [-0.39, 0.29) is 5.91 Å². The minimum absolute atomic E-state index is 0.0239. The van der Waals surface area contributed by atoms with Crippen LogP contribution in [0.4, 0.5) is 0 Å². The number of hydrogen-bond donors (Lipinski definition) is 2. The zero-order valence-corrected chi connectivity index (χ0v) is 8.94. The number of aliphatic hydroxyl groups is 1. The molecule has 0 aliphatic rings. The van der Waals surface area contributed by atoms with Crippen molar-refractivity contribution in [2.75, 3.05) is 6.54 Å². The smallest absolute Gasteiger partial charge is 0.216 e. The molecule has 0 aromatic heterocycles. The molecule has 1 amide bonds. The summed E-state index contributed by atoms with van der Waals surface area (Å²) in [4.78, 5) is 10.6. The molecule has 0 saturated heterocycles. The molecule has 0 aliphatic heterocycles. The Kier molecular flexibility index (Phi) is 4.84. The first-order chi connectivity index (χ1) is 7.20. The zero-order valence-electron chi connectivity index (χ0n) is 8.94. The summed E-state index contributed by atoms with van der Waals surface area (Å²) in [6.45, 7) is 2.12. The number of nitrogens with one attached hydrogen (secondary N) is 1. The fraction of sp³-hybridized carbons (Fsp3) is 0.417. The average Bonchev–Trinajstić information content (AvgIpc) is 2.25. The van der Waals surface area contributed by atoms with Crippen LogP contribution in [0.15, 0.2) is 30.3 Å². The van der Waals surface area contributed by atoms with Gasteiger partial charge < -0.3 is 10.4 Å². The highest BCUT2D eigenvalue weighted by Crippen LogP contribution is 2.16. The summed E-state index contributed by atoms with van der Waals surface area (Å²) >= 11 is 0. The van der Waals surface area contributed by atoms with E-state index in [0.29, 0.717) is 13.0 Å². The summed E-state index contributed by atoms with van der Waals surface area (Å²) < 4.78 is 0. The molecule has 1 aromatic carbocycles. The van der Waals surface area contributed by atoms with Gasteiger partial charge in [0, 0.05) is 13.5 Å². The molecule has 2 N–H and O–H groups in total. The van der Waals surface area contributed by atoms with Crippen LogP contribution >= 0.6 is 0 Å². The van der Waals surface area contributed by atoms with Crippen LogP contribution in [0.5, 0.6) is 0 Å². The molecular formula is C12H17NO2. The van der Waals surface area contributed by atoms with Crippen molar-refractivity contribution in [3.8, 4) is 0 Å². The molecule has 0 spiro atoms. The number of carbonyl (C=O) groups excluding carboxylic acids is 1. The minimum Gasteiger partial charge on any atom is -0.388 e. The molecule has 1 rings (SSSR count). The Labute approximate surface area is 90.1 Å². The van der Waals surface area contributed by atoms with Gasteiger partial charge >= 0.3 is 0 Å². The van der Waals surface area contributed by atoms with E-state index in [2.05, 4.69) is 5.32 Å². The summed E-state index contributed by atoms with van der Waals surface area (Å²) in [5.74, 6) is -0.0239. The van der Waals surface area contributed by atoms with Crippen LogP contribution in [-0.4, -0.2) is 17.6 Å². The van der Waals surface area contributed by atoms with Gasteiger partial charge in [-0.15, -0.1) is 0 Å². The maximum Gasteiger partial charge on any atom is 0.216 e. The molecule has 82 valence electrons. The Morgan fingerprint density at radius 1 is 1.40 bits per heavy atom. The fourth-order valence-electron chi connectivity index (χ4n) is 1.40. The maximum atomic E-state index is 10.6. The molecule has 0 unspecified atom stereocenters. The van der Waals surface area contributed by atoms with E-state index in [9.17, 15) is 9.90 Å². The van der Waals surface area contributed by atoms with Crippen molar-refractivity contribution in [3.63, 3.8) is 0 Å². The lowest BCUT2D eigenvalue weighted by Crippen LogP contribution is -2.21. The van der Waals surface area contributed by atoms with Crippen molar-refractivity contribution in [1.29, 1.82) is 0 Å². The van der Waals surface area contributed by atoms with Gasteiger partial charge in [-0.2, -0.15) is 0 Å². The number of carbonyl (C=O) groups is 1. The number of hydrogen-bond acceptors (Lipinski definition) is 2. The van der Waals surface area contributed by atoms with E-state index in [1.54, 1.807) is 0 Å². The normalized spacial score (nSPS) is 12.1. The molecular weight excluding hydrogens is 190 g/mol. The fourth-order valence-corrected chi connectivity index (χ4v) is 1.40. The van der Waals surface area contributed by atoms with Crippen LogP contribution < -0.4 is 5.32 Å². The standard InChI is InChI=1S/C12H17NO2/c1-10(14)13-9-5-8-12(15)11-6-3-2-4-7-11/h2-4,6-7,12,15H,5,8-9H2,1H3,(H,13,14)/t12-/m1/s1. The summed E-state index contributed by atoms with van der Waals surface area (Å²) in [5.41, 5.74) is 0.931. The summed E-state index contributed by atoms with van der Waals surface area (Å²) in [6.07, 6.45) is 1.03. The molecule has 0 aliphatic carbocycles. The van der Waals surface area contributed by atoms with E-state index in [1.165, 1.54) is 6.92 Å². The van der Waals surface area contributed by atoms with Gasteiger partial charge in [-0.05, 0) is 18.4 Å². The van der Waals surface area contributed by atoms with Crippen LogP contribution in [0.25, 0.3) is 0 Å². The van der Waals surface area contributed by atoms with Crippen molar-refractivity contribution in [2.24, 2.45) is 0 Å². The van der Waals surface area contributed by atoms with Gasteiger partial charge in [-0.1, -0.05) is 30.3 Å². The Morgan fingerprint density at radius 2 is 2.07 bits per heavy atom. The maximum absolute atomic E-state index is 10.6. The summed E-state index contributed by atoms with van der Waals surface area (Å²) in [7, 11) is 0. The third-order valence-corrected chi connectivity index (χ3v) is 2.21. The molecule has 0 bridgehead atoms. The van der Waals surface area contributed by atoms with Crippen molar-refractivity contribution < 1.29 is 9.90 Å². The Balaban J connectivity index is 2.25. The topological polar surface area (TPSA) is 49.3 Å². The van der Waals surface area contributed by atoms with Crippen LogP contribution in [0.2, 0.25) is 0 Å². The lowest BCUT2D eigenvalue weighted by Gasteiger charge is -2.10. The lowest BCUT2D eigenvalue weighted by atomic mass is 10.1. The summed E-state index contributed by atoms with van der Waals surface area (Å²) in [6, 6.07) is 9.55. The first-order valence-corrected chi connectivity index (χ1v) is 5.17. The molecule has 15 heavy (non-hydrogen) atoms. The lowest BCUT2D eigenvalue weighted by molar-refractivity contribution is -0.118. The van der Waals surface area contributed by atoms with Crippen molar-refractivity contribution in [2.45, 2.75) is 25.9 Å². The van der Waals surface area contributed by atoms with Gasteiger partial charge in [0.15, 0.2) is 0 Å². The van der Waals surface area contributed by atoms with Gasteiger partial charge in [0.1, 0.15) is 0 Å². The molecule has 0 fully saturated rings. The zero-order chi connectivity index (χ0) is 11.1. The van der Waals surface area contributed by atoms with Crippen LogP contribution in [0, 0.1) is 0 Å². The van der Waals surface area contributed by atoms with Gasteiger partial charge in [-0.25, -0.2) is 0 Å². The predicted molar refractivity (Wildman–Crippen MR) is 59.3 cm³/mol. The van der Waals surface area contributed by atoms with Crippen LogP contribution in [0.3, 0.4) is 0 Å². The van der Waals surface area contributed by atoms with Crippen molar-refractivity contribution >= 4 is 5.91 Å². The summed E-state index contributed by atoms with van der Waals surface area (Å²) in [5, 5.41) is 12.5. The highest BCUT2D eigenvalue weighted by atomic mass is 16.3. The minimum atomic E-state index is -0.431. The van der Waals surface area contributed by atoms with E-state index in [1.807, 2.05) is 30.3 Å². The molecule has 0 radical (unpaired) electrons.